The Labute approximate surface area is 456 Å². The van der Waals surface area contributed by atoms with Gasteiger partial charge in [-0.1, -0.05) is 103 Å². The Morgan fingerprint density at radius 1 is 0.538 bits per heavy atom. The van der Waals surface area contributed by atoms with Crippen molar-refractivity contribution in [3.8, 4) is 0 Å². The van der Waals surface area contributed by atoms with Crippen molar-refractivity contribution in [2.24, 2.45) is 0 Å². The third-order valence-corrected chi connectivity index (χ3v) is 11.0. The maximum absolute atomic E-state index is 4.95. The molecule has 2 N–H and O–H groups in total. The van der Waals surface area contributed by atoms with Crippen LogP contribution >= 0.6 is 0 Å². The van der Waals surface area contributed by atoms with Crippen LogP contribution in [0.4, 0.5) is 17.1 Å². The first kappa shape index (κ1) is 48.3. The molecule has 3 fully saturated rings. The molecule has 10 heteroatoms. The molecule has 0 aromatic heterocycles. The van der Waals surface area contributed by atoms with Gasteiger partial charge in [0.15, 0.2) is 0 Å². The summed E-state index contributed by atoms with van der Waals surface area (Å²) in [4.78, 5) is 0. The van der Waals surface area contributed by atoms with Crippen molar-refractivity contribution >= 4 is 33.8 Å². The van der Waals surface area contributed by atoms with Crippen LogP contribution in [-0.4, -0.2) is 55.9 Å². The summed E-state index contributed by atoms with van der Waals surface area (Å²) < 4.78 is 0. The van der Waals surface area contributed by atoms with Crippen LogP contribution in [0.25, 0.3) is 38.0 Å². The molecule has 3 aromatic rings. The number of hydrogen-bond acceptors (Lipinski definition) is 2. The molecule has 0 aliphatic carbocycles. The van der Waals surface area contributed by atoms with Crippen molar-refractivity contribution in [3.05, 3.63) is 129 Å². The number of anilines is 2. The second-order valence-electron chi connectivity index (χ2n) is 14.5. The predicted octanol–water partition coefficient (Wildman–Crippen LogP) is 10.9. The van der Waals surface area contributed by atoms with Crippen LogP contribution in [0.2, 0.25) is 0 Å². The molecule has 52 heavy (non-hydrogen) atoms. The summed E-state index contributed by atoms with van der Waals surface area (Å²) in [6.45, 7) is 14.5. The minimum absolute atomic E-state index is 0. The van der Waals surface area contributed by atoms with Crippen LogP contribution in [0.1, 0.15) is 75.5 Å². The van der Waals surface area contributed by atoms with Gasteiger partial charge in [0.05, 0.1) is 5.54 Å². The molecule has 4 radical (unpaired) electrons. The van der Waals surface area contributed by atoms with Gasteiger partial charge in [-0.15, -0.1) is 45.0 Å². The van der Waals surface area contributed by atoms with Gasteiger partial charge >= 0.3 is 0 Å². The molecule has 6 aliphatic rings. The fourth-order valence-electron chi connectivity index (χ4n) is 8.35. The maximum atomic E-state index is 4.95. The topological polar surface area (TPSA) is 80.5 Å². The van der Waals surface area contributed by atoms with Crippen molar-refractivity contribution < 1.29 is 176 Å². The van der Waals surface area contributed by atoms with Crippen LogP contribution in [-0.2, 0) is 0 Å². The van der Waals surface area contributed by atoms with Crippen LogP contribution in [0, 0.1) is 176 Å². The van der Waals surface area contributed by atoms with E-state index in [1.54, 1.807) is 0 Å². The summed E-state index contributed by atoms with van der Waals surface area (Å²) in [6, 6.07) is 25.5. The zero-order chi connectivity index (χ0) is 33.0. The number of nitrogens with one attached hydrogen (secondary N) is 2. The van der Waals surface area contributed by atoms with Gasteiger partial charge < -0.3 is 31.9 Å². The number of hydrogen-bond donors (Lipinski definition) is 2. The number of nitrogens with zero attached hydrogens (tertiary/aromatic N) is 4. The number of benzene rings is 3. The monoisotopic (exact) mass is 1550 g/mol. The average molecular weight is 1550 g/mol. The molecule has 6 heterocycles. The van der Waals surface area contributed by atoms with Gasteiger partial charge in [-0.25, -0.2) is 0 Å². The van der Waals surface area contributed by atoms with E-state index in [2.05, 4.69) is 132 Å². The van der Waals surface area contributed by atoms with Gasteiger partial charge in [-0.3, -0.25) is 0 Å². The van der Waals surface area contributed by atoms with Crippen molar-refractivity contribution in [1.29, 1.82) is 0 Å². The molecular weight excluding hydrogens is 1500 g/mol. The van der Waals surface area contributed by atoms with Crippen LogP contribution in [0.5, 0.6) is 0 Å². The van der Waals surface area contributed by atoms with Crippen molar-refractivity contribution in [1.82, 2.24) is 0 Å². The smallest absolute Gasteiger partial charge is 0.0529 e. The van der Waals surface area contributed by atoms with Crippen LogP contribution < -0.4 is 10.6 Å². The Bertz CT molecular complexity index is 1600. The zero-order valence-electron chi connectivity index (χ0n) is 31.1. The first-order valence-corrected chi connectivity index (χ1v) is 17.9. The van der Waals surface area contributed by atoms with E-state index in [1.807, 2.05) is 0 Å². The second kappa shape index (κ2) is 22.3. The molecule has 264 valence electrons. The summed E-state index contributed by atoms with van der Waals surface area (Å²) in [6.07, 6.45) is 12.5. The number of piperidine rings is 3. The minimum atomic E-state index is 0. The average Bonchev–Trinajstić information content (AvgIpc) is 3.10. The summed E-state index contributed by atoms with van der Waals surface area (Å²) in [5.41, 5.74) is 12.1. The third kappa shape index (κ3) is 11.8. The van der Waals surface area contributed by atoms with E-state index in [0.29, 0.717) is 0 Å². The predicted molar refractivity (Wildman–Crippen MR) is 206 cm³/mol. The largest absolute Gasteiger partial charge is 0.675 e. The fraction of sp³-hybridized carbons (Fsp3) is 0.429. The molecule has 0 atom stereocenters. The number of para-hydroxylation sites is 3. The minimum Gasteiger partial charge on any atom is -0.675 e. The van der Waals surface area contributed by atoms with Crippen molar-refractivity contribution in [2.75, 3.05) is 49.9 Å². The molecular formula is C42H50Ac4N6-4. The van der Waals surface area contributed by atoms with E-state index in [1.165, 1.54) is 44.8 Å². The first-order chi connectivity index (χ1) is 23.4. The molecule has 6 aliphatic heterocycles. The number of allylic oxidation sites excluding steroid dienone is 2. The molecule has 3 saturated heterocycles. The SMILES string of the molecule is C=C1CC2(CC[N-]CC2)Nc2ccccc21.CC1=CC2(CC[N-]CC2)Nc2ccccc21.CC1=CC2(CC[N-]CC2)[N-]c2ccccc21.[Ac].[Ac].[Ac].[Ac]. The summed E-state index contributed by atoms with van der Waals surface area (Å²) >= 11 is 0. The van der Waals surface area contributed by atoms with Gasteiger partial charge in [0.25, 0.3) is 0 Å². The number of fused-ring (bicyclic) bond motifs is 3. The molecule has 3 spiro atoms. The van der Waals surface area contributed by atoms with Gasteiger partial charge in [0.2, 0.25) is 0 Å². The van der Waals surface area contributed by atoms with Crippen LogP contribution in [0.15, 0.2) is 91.5 Å². The van der Waals surface area contributed by atoms with Gasteiger partial charge in [0.1, 0.15) is 0 Å². The first-order valence-electron chi connectivity index (χ1n) is 17.9. The van der Waals surface area contributed by atoms with E-state index in [0.717, 1.165) is 89.9 Å². The summed E-state index contributed by atoms with van der Waals surface area (Å²) in [5.74, 6) is 0. The number of rotatable bonds is 0. The summed E-state index contributed by atoms with van der Waals surface area (Å²) in [7, 11) is 0. The van der Waals surface area contributed by atoms with E-state index in [9.17, 15) is 0 Å². The van der Waals surface area contributed by atoms with Crippen LogP contribution in [0.3, 0.4) is 0 Å². The van der Waals surface area contributed by atoms with Gasteiger partial charge in [-0.05, 0) is 74.8 Å². The second-order valence-corrected chi connectivity index (χ2v) is 14.5. The molecule has 6 nitrogen and oxygen atoms in total. The van der Waals surface area contributed by atoms with Crippen molar-refractivity contribution in [2.45, 2.75) is 75.4 Å². The molecule has 9 rings (SSSR count). The standard InChI is InChI=1S/2C14H17N2.C14H16N2.4Ac/c3*1-11-10-14(6-8-15-9-7-14)16-13-5-3-2-4-12(11)13;;;;/h2-5,10,16H,6-9H2,1H3;2-5,16H,1,6-10H2;2-5,10H,6-9H2,1H3;;;;/q2*-1;-2;;;;. The van der Waals surface area contributed by atoms with Crippen molar-refractivity contribution in [3.63, 3.8) is 0 Å². The third-order valence-electron chi connectivity index (χ3n) is 11.0. The molecule has 0 unspecified atom stereocenters. The Balaban J connectivity index is 0.000000202. The van der Waals surface area contributed by atoms with Gasteiger partial charge in [0, 0.05) is 204 Å². The molecule has 3 aromatic carbocycles. The summed E-state index contributed by atoms with van der Waals surface area (Å²) in [5, 5.41) is 25.7. The Kier molecular flexibility index (Phi) is 20.7. The van der Waals surface area contributed by atoms with E-state index < -0.39 is 0 Å². The molecule has 0 saturated carbocycles. The van der Waals surface area contributed by atoms with E-state index >= 15 is 0 Å². The van der Waals surface area contributed by atoms with Gasteiger partial charge in [-0.2, -0.15) is 0 Å². The normalized spacial score (nSPS) is 20.6. The molecule has 0 bridgehead atoms. The fourth-order valence-corrected chi connectivity index (χ4v) is 8.35. The Hall–Kier alpha value is 1.93. The molecule has 0 amide bonds. The van der Waals surface area contributed by atoms with E-state index in [4.69, 9.17) is 5.32 Å². The zero-order valence-corrected chi connectivity index (χ0v) is 50.1. The maximum Gasteiger partial charge on any atom is 0.0529 e. The quantitative estimate of drug-likeness (QED) is 0.235. The van der Waals surface area contributed by atoms with E-state index in [-0.39, 0.29) is 193 Å². The Morgan fingerprint density at radius 2 is 1.02 bits per heavy atom. The Morgan fingerprint density at radius 3 is 1.65 bits per heavy atom.